The van der Waals surface area contributed by atoms with Crippen LogP contribution >= 0.6 is 11.8 Å². The van der Waals surface area contributed by atoms with Crippen LogP contribution in [0, 0.1) is 0 Å². The molecule has 1 aromatic heterocycles. The van der Waals surface area contributed by atoms with Gasteiger partial charge in [0, 0.05) is 12.8 Å². The van der Waals surface area contributed by atoms with Gasteiger partial charge in [-0.3, -0.25) is 9.36 Å². The highest BCUT2D eigenvalue weighted by Gasteiger charge is 2.04. The van der Waals surface area contributed by atoms with Gasteiger partial charge in [0.05, 0.1) is 6.07 Å². The molecule has 1 aromatic rings. The van der Waals surface area contributed by atoms with Crippen molar-refractivity contribution in [3.63, 3.8) is 0 Å². The normalized spacial score (nSPS) is 10.3. The smallest absolute Gasteiger partial charge is 0.257 e. The van der Waals surface area contributed by atoms with Gasteiger partial charge in [-0.1, -0.05) is 18.7 Å². The van der Waals surface area contributed by atoms with E-state index in [9.17, 15) is 4.79 Å². The summed E-state index contributed by atoms with van der Waals surface area (Å²) in [5.41, 5.74) is -0.230. The lowest BCUT2D eigenvalue weighted by Gasteiger charge is -2.04. The Morgan fingerprint density at radius 1 is 1.69 bits per heavy atom. The zero-order chi connectivity index (χ0) is 9.84. The molecule has 0 atom stereocenters. The van der Waals surface area contributed by atoms with Crippen molar-refractivity contribution in [1.82, 2.24) is 9.55 Å². The van der Waals surface area contributed by atoms with Crippen LogP contribution in [0.4, 0.5) is 0 Å². The molecule has 0 bridgehead atoms. The number of hydrogen-bond acceptors (Lipinski definition) is 4. The van der Waals surface area contributed by atoms with Crippen LogP contribution in [0.25, 0.3) is 0 Å². The molecule has 0 aliphatic rings. The van der Waals surface area contributed by atoms with Gasteiger partial charge in [0.1, 0.15) is 0 Å². The molecule has 1 rings (SSSR count). The van der Waals surface area contributed by atoms with E-state index in [2.05, 4.69) is 4.98 Å². The van der Waals surface area contributed by atoms with Crippen LogP contribution in [0.15, 0.2) is 16.0 Å². The molecule has 0 spiro atoms. The molecule has 0 saturated carbocycles. The number of thioether (sulfide) groups is 1. The number of nitrogens with zero attached hydrogens (tertiary/aromatic N) is 2. The van der Waals surface area contributed by atoms with Crippen molar-refractivity contribution >= 4 is 11.8 Å². The fourth-order valence-corrected chi connectivity index (χ4v) is 1.66. The maximum absolute atomic E-state index is 11.2. The van der Waals surface area contributed by atoms with Gasteiger partial charge in [0.25, 0.3) is 5.56 Å². The van der Waals surface area contributed by atoms with Gasteiger partial charge < -0.3 is 5.11 Å². The first-order chi connectivity index (χ1) is 6.15. The molecule has 72 valence electrons. The largest absolute Gasteiger partial charge is 0.493 e. The Balaban J connectivity index is 2.99. The van der Waals surface area contributed by atoms with Crippen molar-refractivity contribution in [3.05, 3.63) is 16.4 Å². The second-order valence-corrected chi connectivity index (χ2v) is 3.70. The Kier molecular flexibility index (Phi) is 3.36. The Hall–Kier alpha value is -0.970. The number of rotatable bonds is 3. The predicted octanol–water partition coefficient (Wildman–Crippen LogP) is 0.988. The van der Waals surface area contributed by atoms with E-state index in [1.807, 2.05) is 6.92 Å². The van der Waals surface area contributed by atoms with Crippen LogP contribution in [0.2, 0.25) is 0 Å². The molecule has 1 heterocycles. The van der Waals surface area contributed by atoms with E-state index in [4.69, 9.17) is 5.11 Å². The summed E-state index contributed by atoms with van der Waals surface area (Å²) in [6.45, 7) is 2.05. The average Bonchev–Trinajstić information content (AvgIpc) is 2.09. The topological polar surface area (TPSA) is 55.1 Å². The highest BCUT2D eigenvalue weighted by molar-refractivity contribution is 7.99. The van der Waals surface area contributed by atoms with E-state index in [-0.39, 0.29) is 11.4 Å². The van der Waals surface area contributed by atoms with Crippen LogP contribution in [-0.2, 0) is 7.05 Å². The van der Waals surface area contributed by atoms with Crippen molar-refractivity contribution in [1.29, 1.82) is 0 Å². The Labute approximate surface area is 80.6 Å². The fourth-order valence-electron chi connectivity index (χ4n) is 0.829. The van der Waals surface area contributed by atoms with Crippen LogP contribution in [0.3, 0.4) is 0 Å². The van der Waals surface area contributed by atoms with Gasteiger partial charge in [0.2, 0.25) is 5.88 Å². The van der Waals surface area contributed by atoms with Crippen LogP contribution < -0.4 is 5.56 Å². The molecule has 0 aliphatic heterocycles. The summed E-state index contributed by atoms with van der Waals surface area (Å²) in [6.07, 6.45) is 1.01. The molecular formula is C8H12N2O2S. The van der Waals surface area contributed by atoms with Crippen LogP contribution in [0.5, 0.6) is 5.88 Å². The lowest BCUT2D eigenvalue weighted by Crippen LogP contribution is -2.18. The minimum Gasteiger partial charge on any atom is -0.493 e. The van der Waals surface area contributed by atoms with Crippen molar-refractivity contribution in [3.8, 4) is 5.88 Å². The molecule has 13 heavy (non-hydrogen) atoms. The first kappa shape index (κ1) is 10.1. The molecule has 1 N–H and O–H groups in total. The van der Waals surface area contributed by atoms with E-state index in [1.54, 1.807) is 7.05 Å². The van der Waals surface area contributed by atoms with E-state index in [0.29, 0.717) is 5.16 Å². The molecule has 0 radical (unpaired) electrons. The van der Waals surface area contributed by atoms with E-state index in [1.165, 1.54) is 16.3 Å². The van der Waals surface area contributed by atoms with Crippen molar-refractivity contribution in [2.75, 3.05) is 5.75 Å². The predicted molar refractivity (Wildman–Crippen MR) is 52.2 cm³/mol. The van der Waals surface area contributed by atoms with Crippen molar-refractivity contribution in [2.24, 2.45) is 7.05 Å². The Morgan fingerprint density at radius 3 is 3.00 bits per heavy atom. The van der Waals surface area contributed by atoms with Gasteiger partial charge in [-0.2, -0.15) is 4.98 Å². The highest BCUT2D eigenvalue weighted by atomic mass is 32.2. The summed E-state index contributed by atoms with van der Waals surface area (Å²) < 4.78 is 1.43. The third-order valence-corrected chi connectivity index (χ3v) is 2.75. The van der Waals surface area contributed by atoms with E-state index in [0.717, 1.165) is 18.2 Å². The van der Waals surface area contributed by atoms with Gasteiger partial charge in [-0.25, -0.2) is 0 Å². The second kappa shape index (κ2) is 4.32. The fraction of sp³-hybridized carbons (Fsp3) is 0.500. The standard InChI is InChI=1S/C8H12N2O2S/c1-3-4-13-8-9-6(11)5-7(12)10(8)2/h5,11H,3-4H2,1-2H3. The molecule has 4 nitrogen and oxygen atoms in total. The number of aromatic hydroxyl groups is 1. The molecule has 0 unspecified atom stereocenters. The zero-order valence-electron chi connectivity index (χ0n) is 7.65. The zero-order valence-corrected chi connectivity index (χ0v) is 8.47. The van der Waals surface area contributed by atoms with Gasteiger partial charge in [-0.15, -0.1) is 0 Å². The number of hydrogen-bond donors (Lipinski definition) is 1. The molecule has 0 fully saturated rings. The minimum atomic E-state index is -0.230. The summed E-state index contributed by atoms with van der Waals surface area (Å²) in [5.74, 6) is 0.686. The first-order valence-corrected chi connectivity index (χ1v) is 5.03. The summed E-state index contributed by atoms with van der Waals surface area (Å²) in [6, 6.07) is 1.11. The SMILES string of the molecule is CCCSc1nc(O)cc(=O)n1C. The van der Waals surface area contributed by atoms with Crippen LogP contribution in [-0.4, -0.2) is 20.4 Å². The minimum absolute atomic E-state index is 0.207. The summed E-state index contributed by atoms with van der Waals surface area (Å²) in [7, 11) is 1.65. The Morgan fingerprint density at radius 2 is 2.38 bits per heavy atom. The third kappa shape index (κ3) is 2.48. The maximum atomic E-state index is 11.2. The molecular weight excluding hydrogens is 188 g/mol. The maximum Gasteiger partial charge on any atom is 0.257 e. The average molecular weight is 200 g/mol. The van der Waals surface area contributed by atoms with Gasteiger partial charge >= 0.3 is 0 Å². The van der Waals surface area contributed by atoms with E-state index >= 15 is 0 Å². The van der Waals surface area contributed by atoms with Crippen molar-refractivity contribution < 1.29 is 5.11 Å². The Bertz CT molecular complexity index is 348. The lowest BCUT2D eigenvalue weighted by atomic mass is 10.6. The molecule has 0 amide bonds. The second-order valence-electron chi connectivity index (χ2n) is 2.64. The summed E-state index contributed by atoms with van der Waals surface area (Å²) in [4.78, 5) is 15.0. The quantitative estimate of drug-likeness (QED) is 0.584. The summed E-state index contributed by atoms with van der Waals surface area (Å²) >= 11 is 1.47. The van der Waals surface area contributed by atoms with Gasteiger partial charge in [-0.05, 0) is 6.42 Å². The third-order valence-electron chi connectivity index (χ3n) is 1.52. The molecule has 0 saturated heterocycles. The lowest BCUT2D eigenvalue weighted by molar-refractivity contribution is 0.437. The van der Waals surface area contributed by atoms with Crippen molar-refractivity contribution in [2.45, 2.75) is 18.5 Å². The first-order valence-electron chi connectivity index (χ1n) is 4.05. The monoisotopic (exact) mass is 200 g/mol. The molecule has 0 aromatic carbocycles. The number of aromatic nitrogens is 2. The highest BCUT2D eigenvalue weighted by Crippen LogP contribution is 2.15. The summed E-state index contributed by atoms with van der Waals surface area (Å²) in [5, 5.41) is 9.64. The molecule has 5 heteroatoms. The van der Waals surface area contributed by atoms with E-state index < -0.39 is 0 Å². The van der Waals surface area contributed by atoms with Crippen LogP contribution in [0.1, 0.15) is 13.3 Å². The molecule has 0 aliphatic carbocycles. The van der Waals surface area contributed by atoms with Gasteiger partial charge in [0.15, 0.2) is 5.16 Å².